The van der Waals surface area contributed by atoms with Gasteiger partial charge < -0.3 is 9.26 Å². The lowest BCUT2D eigenvalue weighted by atomic mass is 10.0. The van der Waals surface area contributed by atoms with Gasteiger partial charge in [-0.1, -0.05) is 5.16 Å². The van der Waals surface area contributed by atoms with E-state index in [1.54, 1.807) is 0 Å². The van der Waals surface area contributed by atoms with Gasteiger partial charge in [0.15, 0.2) is 0 Å². The molecule has 4 nitrogen and oxygen atoms in total. The van der Waals surface area contributed by atoms with Crippen LogP contribution in [-0.2, 0) is 16.8 Å². The van der Waals surface area contributed by atoms with E-state index < -0.39 is 0 Å². The highest BCUT2D eigenvalue weighted by Crippen LogP contribution is 2.33. The van der Waals surface area contributed by atoms with Crippen molar-refractivity contribution >= 4 is 11.6 Å². The van der Waals surface area contributed by atoms with E-state index in [1.807, 2.05) is 6.92 Å². The second kappa shape index (κ2) is 3.87. The van der Waals surface area contributed by atoms with Gasteiger partial charge in [0.2, 0.25) is 11.7 Å². The Hall–Kier alpha value is -0.610. The number of alkyl halides is 1. The van der Waals surface area contributed by atoms with Gasteiger partial charge in [0, 0.05) is 18.9 Å². The Kier molecular flexibility index (Phi) is 2.74. The van der Waals surface area contributed by atoms with Crippen LogP contribution in [0.4, 0.5) is 0 Å². The lowest BCUT2D eigenvalue weighted by Gasteiger charge is -2.17. The first-order chi connectivity index (χ1) is 6.74. The Morgan fingerprint density at radius 1 is 1.57 bits per heavy atom. The van der Waals surface area contributed by atoms with E-state index in [0.29, 0.717) is 24.0 Å². The largest absolute Gasteiger partial charge is 0.367 e. The van der Waals surface area contributed by atoms with Gasteiger partial charge in [-0.05, 0) is 19.8 Å². The molecule has 1 aromatic heterocycles. The molecule has 0 aromatic carbocycles. The van der Waals surface area contributed by atoms with Crippen LogP contribution in [0.25, 0.3) is 0 Å². The van der Waals surface area contributed by atoms with Gasteiger partial charge in [0.05, 0.1) is 0 Å². The molecule has 0 N–H and O–H groups in total. The van der Waals surface area contributed by atoms with Crippen LogP contribution in [0, 0.1) is 0 Å². The molecule has 2 heterocycles. The molecule has 2 rings (SSSR count). The maximum atomic E-state index is 5.60. The van der Waals surface area contributed by atoms with Crippen molar-refractivity contribution in [1.82, 2.24) is 10.1 Å². The number of rotatable bonds is 3. The second-order valence-electron chi connectivity index (χ2n) is 3.63. The van der Waals surface area contributed by atoms with Crippen LogP contribution in [0.2, 0.25) is 0 Å². The zero-order chi connectivity index (χ0) is 10.0. The van der Waals surface area contributed by atoms with Gasteiger partial charge in [-0.3, -0.25) is 0 Å². The first kappa shape index (κ1) is 9.93. The summed E-state index contributed by atoms with van der Waals surface area (Å²) in [5, 5.41) is 3.92. The summed E-state index contributed by atoms with van der Waals surface area (Å²) in [6.45, 7) is 2.77. The zero-order valence-corrected chi connectivity index (χ0v) is 8.88. The Morgan fingerprint density at radius 2 is 2.43 bits per heavy atom. The van der Waals surface area contributed by atoms with Gasteiger partial charge in [-0.2, -0.15) is 4.98 Å². The lowest BCUT2D eigenvalue weighted by Crippen LogP contribution is -2.21. The third-order valence-corrected chi connectivity index (χ3v) is 2.66. The van der Waals surface area contributed by atoms with Crippen LogP contribution >= 0.6 is 11.6 Å². The molecule has 1 unspecified atom stereocenters. The van der Waals surface area contributed by atoms with Crippen molar-refractivity contribution in [1.29, 1.82) is 0 Å². The predicted molar refractivity (Wildman–Crippen MR) is 51.3 cm³/mol. The van der Waals surface area contributed by atoms with E-state index in [0.717, 1.165) is 19.4 Å². The summed E-state index contributed by atoms with van der Waals surface area (Å²) in [5.74, 6) is 1.74. The van der Waals surface area contributed by atoms with Crippen LogP contribution in [0.1, 0.15) is 31.5 Å². The monoisotopic (exact) mass is 216 g/mol. The number of halogens is 1. The van der Waals surface area contributed by atoms with E-state index in [4.69, 9.17) is 20.9 Å². The van der Waals surface area contributed by atoms with Gasteiger partial charge >= 0.3 is 0 Å². The van der Waals surface area contributed by atoms with Gasteiger partial charge in [0.1, 0.15) is 5.60 Å². The van der Waals surface area contributed by atoms with E-state index in [-0.39, 0.29) is 5.60 Å². The fourth-order valence-electron chi connectivity index (χ4n) is 1.61. The molecule has 1 saturated heterocycles. The molecule has 0 spiro atoms. The molecule has 5 heteroatoms. The summed E-state index contributed by atoms with van der Waals surface area (Å²) in [5.41, 5.74) is -0.353. The molecule has 1 atom stereocenters. The number of hydrogen-bond donors (Lipinski definition) is 0. The molecule has 1 aliphatic rings. The van der Waals surface area contributed by atoms with Crippen molar-refractivity contribution in [2.75, 3.05) is 12.5 Å². The quantitative estimate of drug-likeness (QED) is 0.724. The molecule has 1 fully saturated rings. The Morgan fingerprint density at radius 3 is 3.07 bits per heavy atom. The minimum atomic E-state index is -0.353. The normalized spacial score (nSPS) is 27.0. The summed E-state index contributed by atoms with van der Waals surface area (Å²) in [7, 11) is 0. The summed E-state index contributed by atoms with van der Waals surface area (Å²) in [6.07, 6.45) is 2.62. The number of aromatic nitrogens is 2. The molecule has 0 aliphatic carbocycles. The average Bonchev–Trinajstić information content (AvgIpc) is 2.75. The number of aryl methyl sites for hydroxylation is 1. The SMILES string of the molecule is CC1(c2noc(CCCl)n2)CCCO1. The third kappa shape index (κ3) is 1.77. The number of ether oxygens (including phenoxy) is 1. The number of hydrogen-bond acceptors (Lipinski definition) is 4. The predicted octanol–water partition coefficient (Wildman–Crippen LogP) is 1.88. The van der Waals surface area contributed by atoms with Crippen molar-refractivity contribution in [3.05, 3.63) is 11.7 Å². The van der Waals surface area contributed by atoms with Crippen molar-refractivity contribution in [3.8, 4) is 0 Å². The average molecular weight is 217 g/mol. The third-order valence-electron chi connectivity index (χ3n) is 2.47. The lowest BCUT2D eigenvalue weighted by molar-refractivity contribution is 0.00768. The molecule has 14 heavy (non-hydrogen) atoms. The molecule has 78 valence electrons. The summed E-state index contributed by atoms with van der Waals surface area (Å²) < 4.78 is 10.7. The Labute approximate surface area is 87.6 Å². The standard InChI is InChI=1S/C9H13ClN2O2/c1-9(4-2-6-13-9)8-11-7(3-5-10)14-12-8/h2-6H2,1H3. The van der Waals surface area contributed by atoms with E-state index >= 15 is 0 Å². The first-order valence-electron chi connectivity index (χ1n) is 4.77. The fourth-order valence-corrected chi connectivity index (χ4v) is 1.77. The van der Waals surface area contributed by atoms with Gasteiger partial charge in [-0.15, -0.1) is 11.6 Å². The molecule has 1 aromatic rings. The maximum Gasteiger partial charge on any atom is 0.227 e. The first-order valence-corrected chi connectivity index (χ1v) is 5.31. The van der Waals surface area contributed by atoms with Gasteiger partial charge in [-0.25, -0.2) is 0 Å². The highest BCUT2D eigenvalue weighted by molar-refractivity contribution is 6.17. The fraction of sp³-hybridized carbons (Fsp3) is 0.778. The minimum Gasteiger partial charge on any atom is -0.367 e. The van der Waals surface area contributed by atoms with E-state index in [9.17, 15) is 0 Å². The Balaban J connectivity index is 2.15. The molecular weight excluding hydrogens is 204 g/mol. The Bertz CT molecular complexity index is 308. The highest BCUT2D eigenvalue weighted by Gasteiger charge is 2.36. The van der Waals surface area contributed by atoms with Crippen molar-refractivity contribution in [3.63, 3.8) is 0 Å². The maximum absolute atomic E-state index is 5.60. The van der Waals surface area contributed by atoms with Crippen molar-refractivity contribution in [2.45, 2.75) is 31.8 Å². The minimum absolute atomic E-state index is 0.353. The van der Waals surface area contributed by atoms with Gasteiger partial charge in [0.25, 0.3) is 0 Å². The van der Waals surface area contributed by atoms with Crippen LogP contribution in [-0.4, -0.2) is 22.6 Å². The second-order valence-corrected chi connectivity index (χ2v) is 4.01. The molecule has 0 saturated carbocycles. The van der Waals surface area contributed by atoms with E-state index in [2.05, 4.69) is 10.1 Å². The molecule has 0 amide bonds. The smallest absolute Gasteiger partial charge is 0.227 e. The molecular formula is C9H13ClN2O2. The zero-order valence-electron chi connectivity index (χ0n) is 8.12. The van der Waals surface area contributed by atoms with Crippen molar-refractivity contribution in [2.24, 2.45) is 0 Å². The summed E-state index contributed by atoms with van der Waals surface area (Å²) >= 11 is 5.58. The van der Waals surface area contributed by atoms with Crippen LogP contribution < -0.4 is 0 Å². The topological polar surface area (TPSA) is 48.2 Å². The van der Waals surface area contributed by atoms with Crippen LogP contribution in [0.3, 0.4) is 0 Å². The number of nitrogens with zero attached hydrogens (tertiary/aromatic N) is 2. The molecule has 0 radical (unpaired) electrons. The highest BCUT2D eigenvalue weighted by atomic mass is 35.5. The summed E-state index contributed by atoms with van der Waals surface area (Å²) in [4.78, 5) is 4.27. The van der Waals surface area contributed by atoms with Crippen LogP contribution in [0.15, 0.2) is 4.52 Å². The molecule has 0 bridgehead atoms. The van der Waals surface area contributed by atoms with Crippen LogP contribution in [0.5, 0.6) is 0 Å². The van der Waals surface area contributed by atoms with E-state index in [1.165, 1.54) is 0 Å². The summed E-state index contributed by atoms with van der Waals surface area (Å²) in [6, 6.07) is 0. The van der Waals surface area contributed by atoms with Crippen molar-refractivity contribution < 1.29 is 9.26 Å². The molecule has 1 aliphatic heterocycles.